The van der Waals surface area contributed by atoms with E-state index in [9.17, 15) is 9.59 Å². The number of hydrogen-bond acceptors (Lipinski definition) is 5. The van der Waals surface area contributed by atoms with E-state index in [4.69, 9.17) is 33.3 Å². The van der Waals surface area contributed by atoms with Crippen molar-refractivity contribution >= 4 is 57.5 Å². The Morgan fingerprint density at radius 3 is 2.35 bits per heavy atom. The van der Waals surface area contributed by atoms with E-state index in [1.807, 2.05) is 80.0 Å². The third-order valence-electron chi connectivity index (χ3n) is 6.86. The summed E-state index contributed by atoms with van der Waals surface area (Å²) in [6.07, 6.45) is 0. The maximum Gasteiger partial charge on any atom is 0.297 e. The van der Waals surface area contributed by atoms with E-state index >= 15 is 0 Å². The van der Waals surface area contributed by atoms with E-state index in [1.54, 1.807) is 38.1 Å². The van der Waals surface area contributed by atoms with Crippen LogP contribution in [0.5, 0.6) is 0 Å². The van der Waals surface area contributed by atoms with Gasteiger partial charge in [-0.25, -0.2) is 14.4 Å². The fourth-order valence-corrected chi connectivity index (χ4v) is 5.79. The molecule has 11 heteroatoms. The molecule has 2 aromatic heterocycles. The van der Waals surface area contributed by atoms with Crippen LogP contribution in [0.2, 0.25) is 10.0 Å². The average Bonchev–Trinajstić information content (AvgIpc) is 3.54. The van der Waals surface area contributed by atoms with Crippen molar-refractivity contribution in [3.8, 4) is 16.9 Å². The van der Waals surface area contributed by atoms with Crippen LogP contribution in [0.1, 0.15) is 11.3 Å². The molecule has 0 fully saturated rings. The molecule has 1 amide bonds. The molecule has 0 radical (unpaired) electrons. The highest BCUT2D eigenvalue weighted by atomic mass is 35.5. The van der Waals surface area contributed by atoms with Crippen molar-refractivity contribution in [1.82, 2.24) is 14.0 Å². The van der Waals surface area contributed by atoms with Gasteiger partial charge in [0.05, 0.1) is 32.8 Å². The minimum absolute atomic E-state index is 0.242. The molecule has 3 heterocycles. The van der Waals surface area contributed by atoms with Gasteiger partial charge in [0.1, 0.15) is 0 Å². The molecule has 0 bridgehead atoms. The Morgan fingerprint density at radius 2 is 1.60 bits per heavy atom. The molecule has 0 aliphatic carbocycles. The van der Waals surface area contributed by atoms with E-state index in [-0.39, 0.29) is 22.9 Å². The lowest BCUT2D eigenvalue weighted by molar-refractivity contribution is -0.112. The standard InChI is InChI=1S/C29H22Cl2N6O2S/c1-17-25(28(39)37(35(17)3)19-9-5-4-6-10-19)32-29-36(24(16-40-29)18-13-14-21(30)22(31)15-18)33-26-20-11-7-8-12-23(20)34(2)27(26)38/h4-16H,1-3H3. The van der Waals surface area contributed by atoms with Gasteiger partial charge in [-0.2, -0.15) is 5.10 Å². The molecule has 1 aliphatic heterocycles. The lowest BCUT2D eigenvalue weighted by Crippen LogP contribution is -2.27. The zero-order valence-corrected chi connectivity index (χ0v) is 24.0. The van der Waals surface area contributed by atoms with Gasteiger partial charge in [-0.05, 0) is 37.3 Å². The quantitative estimate of drug-likeness (QED) is 0.267. The van der Waals surface area contributed by atoms with Gasteiger partial charge in [-0.15, -0.1) is 11.3 Å². The van der Waals surface area contributed by atoms with Crippen molar-refractivity contribution in [1.29, 1.82) is 0 Å². The zero-order chi connectivity index (χ0) is 28.1. The summed E-state index contributed by atoms with van der Waals surface area (Å²) in [6, 6.07) is 22.1. The molecule has 0 unspecified atom stereocenters. The van der Waals surface area contributed by atoms with Crippen molar-refractivity contribution in [3.63, 3.8) is 0 Å². The summed E-state index contributed by atoms with van der Waals surface area (Å²) in [5, 5.41) is 7.50. The van der Waals surface area contributed by atoms with E-state index in [0.717, 1.165) is 16.9 Å². The monoisotopic (exact) mass is 588 g/mol. The van der Waals surface area contributed by atoms with Gasteiger partial charge in [0, 0.05) is 30.6 Å². The van der Waals surface area contributed by atoms with Gasteiger partial charge < -0.3 is 4.90 Å². The summed E-state index contributed by atoms with van der Waals surface area (Å²) in [6.45, 7) is 1.84. The second-order valence-electron chi connectivity index (χ2n) is 9.20. The maximum absolute atomic E-state index is 13.6. The maximum atomic E-state index is 13.6. The molecule has 0 N–H and O–H groups in total. The molecule has 0 saturated carbocycles. The number of aromatic nitrogens is 3. The number of halogens is 2. The predicted octanol–water partition coefficient (Wildman–Crippen LogP) is 5.78. The number of benzene rings is 3. The average molecular weight is 590 g/mol. The molecule has 40 heavy (non-hydrogen) atoms. The van der Waals surface area contributed by atoms with Gasteiger partial charge in [0.25, 0.3) is 11.5 Å². The van der Waals surface area contributed by atoms with Gasteiger partial charge in [0.15, 0.2) is 11.4 Å². The zero-order valence-electron chi connectivity index (χ0n) is 21.7. The number of para-hydroxylation sites is 2. The van der Waals surface area contributed by atoms with Crippen molar-refractivity contribution < 1.29 is 4.79 Å². The second-order valence-corrected chi connectivity index (χ2v) is 10.8. The number of anilines is 1. The third kappa shape index (κ3) is 4.23. The normalized spacial score (nSPS) is 14.4. The largest absolute Gasteiger partial charge is 0.309 e. The van der Waals surface area contributed by atoms with Crippen LogP contribution in [-0.4, -0.2) is 32.7 Å². The number of fused-ring (bicyclic) bond motifs is 1. The number of amides is 1. The molecular formula is C29H22Cl2N6O2S. The van der Waals surface area contributed by atoms with Crippen molar-refractivity contribution in [2.24, 2.45) is 17.1 Å². The first-order valence-electron chi connectivity index (χ1n) is 12.3. The topological polar surface area (TPSA) is 76.9 Å². The highest BCUT2D eigenvalue weighted by molar-refractivity contribution is 7.07. The number of carbonyl (C=O) groups excluding carboxylic acids is 1. The smallest absolute Gasteiger partial charge is 0.297 e. The molecule has 3 aromatic carbocycles. The molecule has 5 aromatic rings. The highest BCUT2D eigenvalue weighted by Gasteiger charge is 2.32. The molecule has 1 aliphatic rings. The van der Waals surface area contributed by atoms with Gasteiger partial charge in [-0.3, -0.25) is 14.3 Å². The van der Waals surface area contributed by atoms with E-state index in [0.29, 0.717) is 31.8 Å². The van der Waals surface area contributed by atoms with Gasteiger partial charge >= 0.3 is 0 Å². The molecule has 0 saturated heterocycles. The number of carbonyl (C=O) groups is 1. The summed E-state index contributed by atoms with van der Waals surface area (Å²) in [4.78, 5) is 33.7. The van der Waals surface area contributed by atoms with E-state index in [2.05, 4.69) is 0 Å². The van der Waals surface area contributed by atoms with Crippen LogP contribution in [0.15, 0.2) is 93.1 Å². The Balaban J connectivity index is 1.61. The molecule has 8 nitrogen and oxygen atoms in total. The summed E-state index contributed by atoms with van der Waals surface area (Å²) in [5.41, 5.74) is 4.54. The molecule has 6 rings (SSSR count). The number of nitrogens with zero attached hydrogens (tertiary/aromatic N) is 6. The second kappa shape index (κ2) is 10.1. The minimum Gasteiger partial charge on any atom is -0.309 e. The summed E-state index contributed by atoms with van der Waals surface area (Å²) < 4.78 is 4.93. The first-order valence-corrected chi connectivity index (χ1v) is 13.9. The molecule has 200 valence electrons. The lowest BCUT2D eigenvalue weighted by atomic mass is 10.1. The number of rotatable bonds is 4. The SMILES string of the molecule is Cc1c(N=c2scc(-c3ccc(Cl)c(Cl)c3)n2N=C2C(=O)N(C)c3ccccc32)c(=O)n(-c2ccccc2)n1C. The molecule has 0 spiro atoms. The fourth-order valence-electron chi connectivity index (χ4n) is 4.65. The van der Waals surface area contributed by atoms with Gasteiger partial charge in [0.2, 0.25) is 4.80 Å². The Kier molecular flexibility index (Phi) is 6.58. The first-order chi connectivity index (χ1) is 19.3. The Labute approximate surface area is 243 Å². The summed E-state index contributed by atoms with van der Waals surface area (Å²) in [5.74, 6) is -0.242. The van der Waals surface area contributed by atoms with Crippen LogP contribution in [0, 0.1) is 6.92 Å². The van der Waals surface area contributed by atoms with E-state index < -0.39 is 0 Å². The third-order valence-corrected chi connectivity index (χ3v) is 8.41. The summed E-state index contributed by atoms with van der Waals surface area (Å²) >= 11 is 13.8. The van der Waals surface area contributed by atoms with Crippen LogP contribution in [-0.2, 0) is 11.8 Å². The van der Waals surface area contributed by atoms with Gasteiger partial charge in [-0.1, -0.05) is 65.7 Å². The predicted molar refractivity (Wildman–Crippen MR) is 161 cm³/mol. The van der Waals surface area contributed by atoms with Crippen LogP contribution < -0.4 is 15.3 Å². The first kappa shape index (κ1) is 26.1. The van der Waals surface area contributed by atoms with Crippen LogP contribution >= 0.6 is 34.5 Å². The number of thiazole rings is 1. The lowest BCUT2D eigenvalue weighted by Gasteiger charge is -2.08. The Bertz CT molecular complexity index is 1970. The minimum atomic E-state index is -0.267. The van der Waals surface area contributed by atoms with Crippen molar-refractivity contribution in [2.75, 3.05) is 11.9 Å². The fraction of sp³-hybridized carbons (Fsp3) is 0.103. The van der Waals surface area contributed by atoms with Crippen molar-refractivity contribution in [3.05, 3.63) is 115 Å². The highest BCUT2D eigenvalue weighted by Crippen LogP contribution is 2.31. The molecular weight excluding hydrogens is 567 g/mol. The summed E-state index contributed by atoms with van der Waals surface area (Å²) in [7, 11) is 3.53. The van der Waals surface area contributed by atoms with Crippen LogP contribution in [0.25, 0.3) is 16.9 Å². The molecule has 0 atom stereocenters. The number of hydrogen-bond donors (Lipinski definition) is 0. The van der Waals surface area contributed by atoms with E-state index in [1.165, 1.54) is 11.3 Å². The Morgan fingerprint density at radius 1 is 0.875 bits per heavy atom. The number of likely N-dealkylation sites (N-methyl/N-ethyl adjacent to an activating group) is 1. The van der Waals surface area contributed by atoms with Crippen LogP contribution in [0.4, 0.5) is 11.4 Å². The van der Waals surface area contributed by atoms with Crippen molar-refractivity contribution in [2.45, 2.75) is 6.92 Å². The van der Waals surface area contributed by atoms with Crippen LogP contribution in [0.3, 0.4) is 0 Å². The Hall–Kier alpha value is -4.18.